The van der Waals surface area contributed by atoms with E-state index in [1.807, 2.05) is 0 Å². The standard InChI is InChI=1S/C9H9BrFNO4/c1-15-2-3-16-9-7(10)4-6(11)5-8(9)12(13)14/h4-5H,2-3H2,1H3. The monoisotopic (exact) mass is 293 g/mol. The van der Waals surface area contributed by atoms with Crippen molar-refractivity contribution >= 4 is 21.6 Å². The molecule has 0 unspecified atom stereocenters. The number of nitro groups is 1. The summed E-state index contributed by atoms with van der Waals surface area (Å²) < 4.78 is 23.0. The molecular formula is C9H9BrFNO4. The number of nitro benzene ring substituents is 1. The highest BCUT2D eigenvalue weighted by Crippen LogP contribution is 2.35. The molecule has 0 saturated carbocycles. The van der Waals surface area contributed by atoms with Crippen LogP contribution in [0.25, 0.3) is 0 Å². The van der Waals surface area contributed by atoms with E-state index >= 15 is 0 Å². The first kappa shape index (κ1) is 12.9. The fourth-order valence-electron chi connectivity index (χ4n) is 1.05. The lowest BCUT2D eigenvalue weighted by molar-refractivity contribution is -0.386. The first-order valence-electron chi connectivity index (χ1n) is 4.31. The van der Waals surface area contributed by atoms with Crippen molar-refractivity contribution in [2.75, 3.05) is 20.3 Å². The number of benzene rings is 1. The van der Waals surface area contributed by atoms with Crippen LogP contribution in [0.15, 0.2) is 16.6 Å². The Labute approximate surface area is 99.4 Å². The molecule has 0 aromatic heterocycles. The third-order valence-electron chi connectivity index (χ3n) is 1.72. The molecule has 7 heteroatoms. The molecule has 0 spiro atoms. The van der Waals surface area contributed by atoms with Gasteiger partial charge in [0.2, 0.25) is 5.75 Å². The molecule has 1 aromatic carbocycles. The molecule has 1 rings (SSSR count). The van der Waals surface area contributed by atoms with Crippen LogP contribution in [0.4, 0.5) is 10.1 Å². The maximum absolute atomic E-state index is 12.9. The molecule has 16 heavy (non-hydrogen) atoms. The van der Waals surface area contributed by atoms with Gasteiger partial charge in [-0.15, -0.1) is 0 Å². The zero-order valence-corrected chi connectivity index (χ0v) is 9.99. The Morgan fingerprint density at radius 1 is 1.50 bits per heavy atom. The van der Waals surface area contributed by atoms with E-state index in [2.05, 4.69) is 15.9 Å². The Kier molecular flexibility index (Phi) is 4.63. The first-order chi connectivity index (χ1) is 7.56. The number of nitrogens with zero attached hydrogens (tertiary/aromatic N) is 1. The Morgan fingerprint density at radius 2 is 2.19 bits per heavy atom. The molecule has 0 aliphatic carbocycles. The number of rotatable bonds is 5. The van der Waals surface area contributed by atoms with Crippen molar-refractivity contribution in [3.63, 3.8) is 0 Å². The predicted octanol–water partition coefficient (Wildman–Crippen LogP) is 2.52. The molecule has 5 nitrogen and oxygen atoms in total. The number of methoxy groups -OCH3 is 1. The third kappa shape index (κ3) is 3.14. The zero-order chi connectivity index (χ0) is 12.1. The number of hydrogen-bond acceptors (Lipinski definition) is 4. The zero-order valence-electron chi connectivity index (χ0n) is 8.41. The molecule has 1 aromatic rings. The molecule has 0 aliphatic heterocycles. The molecule has 0 N–H and O–H groups in total. The summed E-state index contributed by atoms with van der Waals surface area (Å²) in [6, 6.07) is 1.92. The van der Waals surface area contributed by atoms with Gasteiger partial charge in [-0.05, 0) is 22.0 Å². The van der Waals surface area contributed by atoms with Crippen LogP contribution in [0.1, 0.15) is 0 Å². The average Bonchev–Trinajstić information content (AvgIpc) is 2.20. The summed E-state index contributed by atoms with van der Waals surface area (Å²) in [6.07, 6.45) is 0. The van der Waals surface area contributed by atoms with Gasteiger partial charge in [-0.2, -0.15) is 0 Å². The molecule has 0 atom stereocenters. The second-order valence-corrected chi connectivity index (χ2v) is 3.69. The second-order valence-electron chi connectivity index (χ2n) is 2.83. The maximum Gasteiger partial charge on any atom is 0.315 e. The highest BCUT2D eigenvalue weighted by Gasteiger charge is 2.20. The van der Waals surface area contributed by atoms with Gasteiger partial charge in [0.15, 0.2) is 0 Å². The van der Waals surface area contributed by atoms with Crippen molar-refractivity contribution in [1.29, 1.82) is 0 Å². The predicted molar refractivity (Wildman–Crippen MR) is 58.1 cm³/mol. The molecule has 0 aliphatic rings. The minimum absolute atomic E-state index is 0.00319. The van der Waals surface area contributed by atoms with Gasteiger partial charge in [0, 0.05) is 7.11 Å². The molecule has 88 valence electrons. The lowest BCUT2D eigenvalue weighted by Crippen LogP contribution is -2.06. The molecule has 0 bridgehead atoms. The quantitative estimate of drug-likeness (QED) is 0.475. The first-order valence-corrected chi connectivity index (χ1v) is 5.10. The molecular weight excluding hydrogens is 285 g/mol. The molecule has 0 radical (unpaired) electrons. The van der Waals surface area contributed by atoms with Gasteiger partial charge >= 0.3 is 5.69 Å². The number of halogens is 2. The number of hydrogen-bond donors (Lipinski definition) is 0. The normalized spacial score (nSPS) is 10.2. The van der Waals surface area contributed by atoms with Crippen LogP contribution >= 0.6 is 15.9 Å². The lowest BCUT2D eigenvalue weighted by atomic mass is 10.3. The van der Waals surface area contributed by atoms with Crippen molar-refractivity contribution in [3.8, 4) is 5.75 Å². The van der Waals surface area contributed by atoms with Gasteiger partial charge in [0.25, 0.3) is 0 Å². The van der Waals surface area contributed by atoms with Crippen molar-refractivity contribution in [3.05, 3.63) is 32.5 Å². The van der Waals surface area contributed by atoms with E-state index in [4.69, 9.17) is 9.47 Å². The van der Waals surface area contributed by atoms with Gasteiger partial charge in [0.05, 0.1) is 22.1 Å². The van der Waals surface area contributed by atoms with Gasteiger partial charge in [0.1, 0.15) is 12.4 Å². The topological polar surface area (TPSA) is 61.6 Å². The molecule has 0 fully saturated rings. The van der Waals surface area contributed by atoms with Crippen molar-refractivity contribution in [1.82, 2.24) is 0 Å². The van der Waals surface area contributed by atoms with E-state index in [-0.39, 0.29) is 16.8 Å². The Hall–Kier alpha value is -1.21. The summed E-state index contributed by atoms with van der Waals surface area (Å²) in [5.74, 6) is -0.693. The third-order valence-corrected chi connectivity index (χ3v) is 2.31. The Morgan fingerprint density at radius 3 is 2.75 bits per heavy atom. The summed E-state index contributed by atoms with van der Waals surface area (Å²) >= 11 is 3.01. The molecule has 0 saturated heterocycles. The summed E-state index contributed by atoms with van der Waals surface area (Å²) in [5, 5.41) is 10.7. The van der Waals surface area contributed by atoms with E-state index in [9.17, 15) is 14.5 Å². The lowest BCUT2D eigenvalue weighted by Gasteiger charge is -2.08. The van der Waals surface area contributed by atoms with E-state index < -0.39 is 16.4 Å². The van der Waals surface area contributed by atoms with Crippen LogP contribution in [0.5, 0.6) is 5.75 Å². The number of ether oxygens (including phenoxy) is 2. The highest BCUT2D eigenvalue weighted by atomic mass is 79.9. The largest absolute Gasteiger partial charge is 0.484 e. The van der Waals surface area contributed by atoms with Gasteiger partial charge in [-0.3, -0.25) is 10.1 Å². The van der Waals surface area contributed by atoms with Crippen LogP contribution in [-0.4, -0.2) is 25.2 Å². The molecule has 0 heterocycles. The minimum Gasteiger partial charge on any atom is -0.484 e. The van der Waals surface area contributed by atoms with Gasteiger partial charge in [-0.1, -0.05) is 0 Å². The summed E-state index contributed by atoms with van der Waals surface area (Å²) in [6.45, 7) is 0.447. The molecule has 0 amide bonds. The summed E-state index contributed by atoms with van der Waals surface area (Å²) in [5.41, 5.74) is -0.414. The van der Waals surface area contributed by atoms with Crippen LogP contribution in [-0.2, 0) is 4.74 Å². The van der Waals surface area contributed by atoms with E-state index in [1.54, 1.807) is 0 Å². The van der Waals surface area contributed by atoms with E-state index in [0.717, 1.165) is 12.1 Å². The highest BCUT2D eigenvalue weighted by molar-refractivity contribution is 9.10. The van der Waals surface area contributed by atoms with Crippen LogP contribution < -0.4 is 4.74 Å². The average molecular weight is 294 g/mol. The van der Waals surface area contributed by atoms with Crippen LogP contribution in [0.3, 0.4) is 0 Å². The maximum atomic E-state index is 12.9. The van der Waals surface area contributed by atoms with Crippen molar-refractivity contribution in [2.24, 2.45) is 0 Å². The summed E-state index contributed by atoms with van der Waals surface area (Å²) in [7, 11) is 1.48. The fraction of sp³-hybridized carbons (Fsp3) is 0.333. The Bertz CT molecular complexity index is 399. The van der Waals surface area contributed by atoms with Crippen molar-refractivity contribution < 1.29 is 18.8 Å². The van der Waals surface area contributed by atoms with E-state index in [1.165, 1.54) is 7.11 Å². The van der Waals surface area contributed by atoms with Crippen LogP contribution in [0.2, 0.25) is 0 Å². The van der Waals surface area contributed by atoms with Gasteiger partial charge in [-0.25, -0.2) is 4.39 Å². The van der Waals surface area contributed by atoms with Crippen molar-refractivity contribution in [2.45, 2.75) is 0 Å². The Balaban J connectivity index is 2.99. The van der Waals surface area contributed by atoms with Crippen LogP contribution in [0, 0.1) is 15.9 Å². The minimum atomic E-state index is -0.698. The fourth-order valence-corrected chi connectivity index (χ4v) is 1.59. The smallest absolute Gasteiger partial charge is 0.315 e. The SMILES string of the molecule is COCCOc1c(Br)cc(F)cc1[N+](=O)[O-]. The second kappa shape index (κ2) is 5.76. The summed E-state index contributed by atoms with van der Waals surface area (Å²) in [4.78, 5) is 9.97. The van der Waals surface area contributed by atoms with E-state index in [0.29, 0.717) is 6.61 Å². The van der Waals surface area contributed by atoms with Gasteiger partial charge < -0.3 is 9.47 Å².